The van der Waals surface area contributed by atoms with E-state index < -0.39 is 0 Å². The lowest BCUT2D eigenvalue weighted by Gasteiger charge is -2.13. The highest BCUT2D eigenvalue weighted by atomic mass is 35.5. The molecule has 0 saturated heterocycles. The van der Waals surface area contributed by atoms with Crippen LogP contribution in [0.4, 0.5) is 0 Å². The molecule has 0 aliphatic rings. The van der Waals surface area contributed by atoms with E-state index in [1.54, 1.807) is 30.3 Å². The lowest BCUT2D eigenvalue weighted by atomic mass is 10.2. The first-order valence-corrected chi connectivity index (χ1v) is 8.36. The number of pyridine rings is 1. The molecule has 128 valence electrons. The number of carbonyl (C=O) groups excluding carboxylic acids is 1. The molecule has 5 nitrogen and oxygen atoms in total. The summed E-state index contributed by atoms with van der Waals surface area (Å²) < 4.78 is 5.59. The number of likely N-dealkylation sites (N-methyl/N-ethyl adjacent to an activating group) is 1. The Hall–Kier alpha value is -1.82. The molecule has 0 spiro atoms. The van der Waals surface area contributed by atoms with Crippen LogP contribution in [-0.4, -0.2) is 30.0 Å². The van der Waals surface area contributed by atoms with Crippen LogP contribution < -0.4 is 15.4 Å². The van der Waals surface area contributed by atoms with Gasteiger partial charge in [0.1, 0.15) is 10.8 Å². The number of amides is 1. The van der Waals surface area contributed by atoms with Crippen LogP contribution in [0.15, 0.2) is 36.5 Å². The van der Waals surface area contributed by atoms with Crippen molar-refractivity contribution in [3.05, 3.63) is 52.1 Å². The van der Waals surface area contributed by atoms with Crippen LogP contribution in [0, 0.1) is 0 Å². The molecule has 0 saturated carbocycles. The summed E-state index contributed by atoms with van der Waals surface area (Å²) in [6.07, 6.45) is 1.46. The quantitative estimate of drug-likeness (QED) is 0.778. The van der Waals surface area contributed by atoms with Crippen molar-refractivity contribution < 1.29 is 9.53 Å². The van der Waals surface area contributed by atoms with Gasteiger partial charge in [0.2, 0.25) is 5.88 Å². The van der Waals surface area contributed by atoms with Crippen LogP contribution in [0.25, 0.3) is 0 Å². The van der Waals surface area contributed by atoms with Crippen LogP contribution in [0.3, 0.4) is 0 Å². The van der Waals surface area contributed by atoms with Gasteiger partial charge in [-0.1, -0.05) is 36.2 Å². The van der Waals surface area contributed by atoms with E-state index in [1.807, 2.05) is 13.8 Å². The van der Waals surface area contributed by atoms with E-state index in [4.69, 9.17) is 27.9 Å². The Balaban J connectivity index is 1.97. The van der Waals surface area contributed by atoms with Crippen molar-refractivity contribution in [2.45, 2.75) is 19.9 Å². The molecule has 0 bridgehead atoms. The Labute approximate surface area is 151 Å². The number of hydrogen-bond acceptors (Lipinski definition) is 4. The van der Waals surface area contributed by atoms with Crippen molar-refractivity contribution >= 4 is 29.1 Å². The maximum Gasteiger partial charge on any atom is 0.252 e. The molecule has 24 heavy (non-hydrogen) atoms. The summed E-state index contributed by atoms with van der Waals surface area (Å²) in [6, 6.07) is 8.56. The second-order valence-electron chi connectivity index (χ2n) is 5.21. The van der Waals surface area contributed by atoms with Gasteiger partial charge in [-0.25, -0.2) is 4.98 Å². The fraction of sp³-hybridized carbons (Fsp3) is 0.294. The minimum absolute atomic E-state index is 0.181. The first kappa shape index (κ1) is 18.5. The third-order valence-electron chi connectivity index (χ3n) is 3.25. The number of hydrogen-bond donors (Lipinski definition) is 2. The molecule has 1 heterocycles. The first-order chi connectivity index (χ1) is 11.5. The number of halogens is 2. The highest BCUT2D eigenvalue weighted by Crippen LogP contribution is 2.33. The van der Waals surface area contributed by atoms with E-state index in [2.05, 4.69) is 15.6 Å². The van der Waals surface area contributed by atoms with Crippen molar-refractivity contribution in [3.8, 4) is 11.6 Å². The molecule has 0 aliphatic heterocycles. The predicted octanol–water partition coefficient (Wildman–Crippen LogP) is 3.91. The molecule has 0 unspecified atom stereocenters. The second kappa shape index (κ2) is 8.87. The molecule has 1 aromatic heterocycles. The summed E-state index contributed by atoms with van der Waals surface area (Å²) >= 11 is 12.0. The van der Waals surface area contributed by atoms with Gasteiger partial charge < -0.3 is 15.4 Å². The molecule has 1 aromatic carbocycles. The number of nitrogens with one attached hydrogen (secondary N) is 2. The van der Waals surface area contributed by atoms with Gasteiger partial charge in [0.05, 0.1) is 10.6 Å². The van der Waals surface area contributed by atoms with Gasteiger partial charge in [-0.3, -0.25) is 4.79 Å². The third-order valence-corrected chi connectivity index (χ3v) is 4.05. The SMILES string of the molecule is CCN[C@H](C)CNC(=O)c1ccc(Oc2cccc(Cl)c2Cl)nc1. The van der Waals surface area contributed by atoms with Gasteiger partial charge in [-0.15, -0.1) is 0 Å². The Bertz CT molecular complexity index is 693. The van der Waals surface area contributed by atoms with Crippen LogP contribution in [0.2, 0.25) is 10.0 Å². The minimum atomic E-state index is -0.181. The van der Waals surface area contributed by atoms with E-state index in [-0.39, 0.29) is 11.9 Å². The largest absolute Gasteiger partial charge is 0.437 e. The van der Waals surface area contributed by atoms with Crippen molar-refractivity contribution in [3.63, 3.8) is 0 Å². The van der Waals surface area contributed by atoms with Gasteiger partial charge in [0.15, 0.2) is 0 Å². The number of rotatable bonds is 7. The monoisotopic (exact) mass is 367 g/mol. The lowest BCUT2D eigenvalue weighted by Crippen LogP contribution is -2.38. The van der Waals surface area contributed by atoms with Gasteiger partial charge >= 0.3 is 0 Å². The maximum absolute atomic E-state index is 12.1. The second-order valence-corrected chi connectivity index (χ2v) is 5.99. The average Bonchev–Trinajstić information content (AvgIpc) is 2.58. The zero-order valence-electron chi connectivity index (χ0n) is 13.5. The number of nitrogens with zero attached hydrogens (tertiary/aromatic N) is 1. The number of benzene rings is 1. The third kappa shape index (κ3) is 5.09. The molecule has 0 aliphatic carbocycles. The van der Waals surface area contributed by atoms with Gasteiger partial charge in [-0.2, -0.15) is 0 Å². The first-order valence-electron chi connectivity index (χ1n) is 7.60. The van der Waals surface area contributed by atoms with E-state index in [0.717, 1.165) is 6.54 Å². The summed E-state index contributed by atoms with van der Waals surface area (Å²) in [5, 5.41) is 6.80. The Morgan fingerprint density at radius 3 is 2.75 bits per heavy atom. The van der Waals surface area contributed by atoms with Crippen LogP contribution in [0.5, 0.6) is 11.6 Å². The van der Waals surface area contributed by atoms with Crippen molar-refractivity contribution in [1.29, 1.82) is 0 Å². The molecular weight excluding hydrogens is 349 g/mol. The van der Waals surface area contributed by atoms with E-state index in [1.165, 1.54) is 6.20 Å². The fourth-order valence-corrected chi connectivity index (χ4v) is 2.35. The highest BCUT2D eigenvalue weighted by molar-refractivity contribution is 6.42. The van der Waals surface area contributed by atoms with Crippen molar-refractivity contribution in [2.24, 2.45) is 0 Å². The summed E-state index contributed by atoms with van der Waals surface area (Å²) in [4.78, 5) is 16.2. The van der Waals surface area contributed by atoms with Crippen LogP contribution in [0.1, 0.15) is 24.2 Å². The number of aromatic nitrogens is 1. The lowest BCUT2D eigenvalue weighted by molar-refractivity contribution is 0.0950. The van der Waals surface area contributed by atoms with Gasteiger partial charge in [0.25, 0.3) is 5.91 Å². The summed E-state index contributed by atoms with van der Waals surface area (Å²) in [6.45, 7) is 5.43. The van der Waals surface area contributed by atoms with Gasteiger partial charge in [0, 0.05) is 24.8 Å². The molecule has 2 aromatic rings. The van der Waals surface area contributed by atoms with Crippen molar-refractivity contribution in [2.75, 3.05) is 13.1 Å². The zero-order valence-corrected chi connectivity index (χ0v) is 15.0. The molecule has 0 radical (unpaired) electrons. The highest BCUT2D eigenvalue weighted by Gasteiger charge is 2.10. The molecule has 2 N–H and O–H groups in total. The normalized spacial score (nSPS) is 11.8. The standard InChI is InChI=1S/C17H19Cl2N3O2/c1-3-20-11(2)9-22-17(23)12-7-8-15(21-10-12)24-14-6-4-5-13(18)16(14)19/h4-8,10-11,20H,3,9H2,1-2H3,(H,22,23)/t11-/m1/s1. The molecule has 0 fully saturated rings. The molecular formula is C17H19Cl2N3O2. The van der Waals surface area contributed by atoms with Crippen LogP contribution in [-0.2, 0) is 0 Å². The molecule has 1 atom stereocenters. The summed E-state index contributed by atoms with van der Waals surface area (Å²) in [7, 11) is 0. The van der Waals surface area contributed by atoms with E-state index in [9.17, 15) is 4.79 Å². The Morgan fingerprint density at radius 1 is 1.29 bits per heavy atom. The summed E-state index contributed by atoms with van der Waals surface area (Å²) in [5.74, 6) is 0.560. The number of carbonyl (C=O) groups is 1. The zero-order chi connectivity index (χ0) is 17.5. The molecule has 2 rings (SSSR count). The Kier molecular flexibility index (Phi) is 6.85. The molecule has 1 amide bonds. The fourth-order valence-electron chi connectivity index (χ4n) is 2.02. The molecule has 7 heteroatoms. The van der Waals surface area contributed by atoms with Crippen molar-refractivity contribution in [1.82, 2.24) is 15.6 Å². The smallest absolute Gasteiger partial charge is 0.252 e. The minimum Gasteiger partial charge on any atom is -0.437 e. The maximum atomic E-state index is 12.1. The van der Waals surface area contributed by atoms with Gasteiger partial charge in [-0.05, 0) is 31.7 Å². The summed E-state index contributed by atoms with van der Waals surface area (Å²) in [5.41, 5.74) is 0.461. The van der Waals surface area contributed by atoms with E-state index >= 15 is 0 Å². The predicted molar refractivity (Wildman–Crippen MR) is 96.2 cm³/mol. The topological polar surface area (TPSA) is 63.2 Å². The number of ether oxygens (including phenoxy) is 1. The Morgan fingerprint density at radius 2 is 2.08 bits per heavy atom. The van der Waals surface area contributed by atoms with Crippen LogP contribution >= 0.6 is 23.2 Å². The average molecular weight is 368 g/mol. The van der Waals surface area contributed by atoms with E-state index in [0.29, 0.717) is 33.8 Å².